The zero-order valence-corrected chi connectivity index (χ0v) is 28.5. The molecular weight excluding hydrogens is 626 g/mol. The highest BCUT2D eigenvalue weighted by molar-refractivity contribution is 6.36. The fourth-order valence-electron chi connectivity index (χ4n) is 7.63. The van der Waals surface area contributed by atoms with E-state index in [1.165, 1.54) is 42.6 Å². The number of carbonyl (C=O) groups excluding carboxylic acids is 5. The maximum atomic E-state index is 13.5. The molecule has 13 heteroatoms. The summed E-state index contributed by atoms with van der Waals surface area (Å²) >= 11 is 0. The van der Waals surface area contributed by atoms with Gasteiger partial charge in [-0.15, -0.1) is 0 Å². The monoisotopic (exact) mass is 671 g/mol. The van der Waals surface area contributed by atoms with Crippen molar-refractivity contribution in [1.29, 1.82) is 0 Å². The Bertz CT molecular complexity index is 1810. The molecule has 2 bridgehead atoms. The average molecular weight is 672 g/mol. The van der Waals surface area contributed by atoms with Crippen LogP contribution in [0.3, 0.4) is 0 Å². The van der Waals surface area contributed by atoms with Crippen LogP contribution in [0.4, 0.5) is 5.69 Å². The van der Waals surface area contributed by atoms with Crippen molar-refractivity contribution in [2.75, 3.05) is 12.4 Å². The lowest BCUT2D eigenvalue weighted by Gasteiger charge is -2.51. The molecule has 0 spiro atoms. The first-order valence-electron chi connectivity index (χ1n) is 17.0. The smallest absolute Gasteiger partial charge is 0.287 e. The normalized spacial score (nSPS) is 23.6. The second-order valence-corrected chi connectivity index (χ2v) is 13.9. The minimum atomic E-state index is -1.30. The highest BCUT2D eigenvalue weighted by Gasteiger charge is 2.45. The standard InChI is InChI=1S/C36H45N7O6/c1-5-36(3)17-22-15-21(2)31(24(16-22)18-36)42-30(45)20-43-14-6-7-28(35(43)49)41-33(47)27(10-11-29(44)34(48)37-4)40-32(46)26-9-8-23-19-38-13-12-25(23)39-26/h6-9,12-14,19,21-22,24,27,31H,5,10-11,15-18,20H2,1-4H3,(H,37,48)(H,40,46)(H,41,47)(H,42,45)/t21?,22?,24?,27-,31?,36?/m0/s1. The van der Waals surface area contributed by atoms with Crippen LogP contribution in [0.2, 0.25) is 0 Å². The molecule has 0 radical (unpaired) electrons. The molecule has 3 aromatic rings. The minimum absolute atomic E-state index is 0.0255. The van der Waals surface area contributed by atoms with Crippen LogP contribution < -0.4 is 26.8 Å². The molecule has 6 atom stereocenters. The van der Waals surface area contributed by atoms with E-state index in [0.29, 0.717) is 28.7 Å². The van der Waals surface area contributed by atoms with E-state index in [1.54, 1.807) is 24.4 Å². The van der Waals surface area contributed by atoms with Gasteiger partial charge in [0.2, 0.25) is 17.6 Å². The summed E-state index contributed by atoms with van der Waals surface area (Å²) in [6, 6.07) is 6.47. The van der Waals surface area contributed by atoms with E-state index >= 15 is 0 Å². The third-order valence-corrected chi connectivity index (χ3v) is 10.3. The number of rotatable bonds is 12. The Morgan fingerprint density at radius 2 is 1.88 bits per heavy atom. The zero-order valence-electron chi connectivity index (χ0n) is 28.5. The van der Waals surface area contributed by atoms with Crippen LogP contribution in [0.5, 0.6) is 0 Å². The van der Waals surface area contributed by atoms with Crippen LogP contribution in [0.25, 0.3) is 10.9 Å². The average Bonchev–Trinajstić information content (AvgIpc) is 3.08. The number of nitrogens with one attached hydrogen (secondary N) is 4. The first kappa shape index (κ1) is 35.4. The Morgan fingerprint density at radius 3 is 2.63 bits per heavy atom. The summed E-state index contributed by atoms with van der Waals surface area (Å²) in [6.07, 6.45) is 9.64. The Hall–Kier alpha value is -4.94. The molecule has 4 amide bonds. The number of ketones is 1. The number of fused-ring (bicyclic) bond motifs is 3. The summed E-state index contributed by atoms with van der Waals surface area (Å²) in [7, 11) is 1.32. The van der Waals surface area contributed by atoms with Crippen molar-refractivity contribution in [2.24, 2.45) is 23.2 Å². The molecule has 2 fully saturated rings. The molecule has 2 aliphatic rings. The molecule has 5 rings (SSSR count). The van der Waals surface area contributed by atoms with Crippen molar-refractivity contribution < 1.29 is 24.0 Å². The maximum absolute atomic E-state index is 13.5. The molecule has 3 heterocycles. The molecule has 260 valence electrons. The third kappa shape index (κ3) is 8.38. The zero-order chi connectivity index (χ0) is 35.3. The minimum Gasteiger partial charge on any atom is -0.353 e. The molecule has 3 aromatic heterocycles. The van der Waals surface area contributed by atoms with E-state index in [-0.39, 0.29) is 48.1 Å². The second-order valence-electron chi connectivity index (χ2n) is 13.9. The van der Waals surface area contributed by atoms with Gasteiger partial charge in [0.05, 0.1) is 5.52 Å². The molecule has 13 nitrogen and oxygen atoms in total. The fourth-order valence-corrected chi connectivity index (χ4v) is 7.63. The van der Waals surface area contributed by atoms with Gasteiger partial charge in [-0.2, -0.15) is 0 Å². The summed E-state index contributed by atoms with van der Waals surface area (Å²) in [5, 5.41) is 11.3. The van der Waals surface area contributed by atoms with Gasteiger partial charge in [-0.25, -0.2) is 4.98 Å². The van der Waals surface area contributed by atoms with Crippen molar-refractivity contribution in [1.82, 2.24) is 30.5 Å². The van der Waals surface area contributed by atoms with Crippen molar-refractivity contribution in [3.8, 4) is 0 Å². The van der Waals surface area contributed by atoms with Crippen LogP contribution in [-0.2, 0) is 25.7 Å². The van der Waals surface area contributed by atoms with Crippen LogP contribution in [0, 0.1) is 23.2 Å². The number of aromatic nitrogens is 3. The molecular formula is C36H45N7O6. The number of likely N-dealkylation sites (N-methyl/N-ethyl adjacent to an activating group) is 1. The Balaban J connectivity index is 1.28. The first-order valence-corrected chi connectivity index (χ1v) is 17.0. The molecule has 49 heavy (non-hydrogen) atoms. The molecule has 0 saturated heterocycles. The first-order chi connectivity index (χ1) is 23.4. The topological polar surface area (TPSA) is 181 Å². The van der Waals surface area contributed by atoms with Gasteiger partial charge in [-0.3, -0.25) is 33.8 Å². The van der Waals surface area contributed by atoms with Gasteiger partial charge in [-0.05, 0) is 85.6 Å². The number of nitrogens with zero attached hydrogens (tertiary/aromatic N) is 3. The summed E-state index contributed by atoms with van der Waals surface area (Å²) in [4.78, 5) is 85.9. The molecule has 0 aromatic carbocycles. The summed E-state index contributed by atoms with van der Waals surface area (Å²) in [5.74, 6) is -1.94. The predicted molar refractivity (Wildman–Crippen MR) is 183 cm³/mol. The van der Waals surface area contributed by atoms with Gasteiger partial charge in [0, 0.05) is 43.5 Å². The van der Waals surface area contributed by atoms with Crippen LogP contribution in [0.15, 0.2) is 53.7 Å². The summed E-state index contributed by atoms with van der Waals surface area (Å²) in [5.41, 5.74) is 0.116. The van der Waals surface area contributed by atoms with Crippen molar-refractivity contribution in [3.63, 3.8) is 0 Å². The van der Waals surface area contributed by atoms with Crippen LogP contribution >= 0.6 is 0 Å². The summed E-state index contributed by atoms with van der Waals surface area (Å²) in [6.45, 7) is 6.54. The molecule has 5 unspecified atom stereocenters. The SMILES string of the molecule is CCC1(C)CC2CC(C)C(NC(=O)Cn3cccc(NC(=O)[C@H](CCC(=O)C(=O)NC)NC(=O)c4ccc5cnccc5n4)c3=O)C(C2)C1. The molecule has 0 aliphatic heterocycles. The second kappa shape index (κ2) is 15.1. The van der Waals surface area contributed by atoms with E-state index in [1.807, 2.05) is 0 Å². The lowest BCUT2D eigenvalue weighted by Crippen LogP contribution is -2.53. The fraction of sp³-hybridized carbons (Fsp3) is 0.500. The summed E-state index contributed by atoms with van der Waals surface area (Å²) < 4.78 is 1.23. The number of pyridine rings is 3. The van der Waals surface area contributed by atoms with Gasteiger partial charge >= 0.3 is 0 Å². The van der Waals surface area contributed by atoms with Crippen LogP contribution in [-0.4, -0.2) is 63.1 Å². The van der Waals surface area contributed by atoms with E-state index in [4.69, 9.17) is 0 Å². The number of amides is 4. The van der Waals surface area contributed by atoms with Gasteiger partial charge in [0.15, 0.2) is 0 Å². The lowest BCUT2D eigenvalue weighted by molar-refractivity contribution is -0.137. The number of hydrogen-bond donors (Lipinski definition) is 4. The third-order valence-electron chi connectivity index (χ3n) is 10.3. The number of Topliss-reactive ketones (excluding diaryl/α,β-unsaturated/α-hetero) is 1. The Kier molecular flexibility index (Phi) is 10.9. The molecule has 2 saturated carbocycles. The number of hydrogen-bond acceptors (Lipinski definition) is 8. The predicted octanol–water partition coefficient (Wildman–Crippen LogP) is 2.98. The maximum Gasteiger partial charge on any atom is 0.287 e. The highest BCUT2D eigenvalue weighted by atomic mass is 16.2. The van der Waals surface area contributed by atoms with E-state index < -0.39 is 35.1 Å². The van der Waals surface area contributed by atoms with Gasteiger partial charge in [0.25, 0.3) is 17.4 Å². The van der Waals surface area contributed by atoms with Gasteiger partial charge in [-0.1, -0.05) is 27.2 Å². The van der Waals surface area contributed by atoms with Crippen molar-refractivity contribution in [3.05, 3.63) is 65.0 Å². The highest BCUT2D eigenvalue weighted by Crippen LogP contribution is 2.51. The van der Waals surface area contributed by atoms with E-state index in [2.05, 4.69) is 52.0 Å². The number of carbonyl (C=O) groups is 5. The largest absolute Gasteiger partial charge is 0.353 e. The Labute approximate surface area is 285 Å². The van der Waals surface area contributed by atoms with E-state index in [0.717, 1.165) is 25.7 Å². The van der Waals surface area contributed by atoms with Gasteiger partial charge in [0.1, 0.15) is 24.0 Å². The quantitative estimate of drug-likeness (QED) is 0.212. The van der Waals surface area contributed by atoms with Crippen molar-refractivity contribution in [2.45, 2.75) is 84.3 Å². The Morgan fingerprint density at radius 1 is 1.08 bits per heavy atom. The van der Waals surface area contributed by atoms with Crippen molar-refractivity contribution >= 4 is 46.0 Å². The van der Waals surface area contributed by atoms with Gasteiger partial charge < -0.3 is 25.8 Å². The lowest BCUT2D eigenvalue weighted by atomic mass is 9.57. The van der Waals surface area contributed by atoms with Crippen LogP contribution in [0.1, 0.15) is 76.2 Å². The molecule has 4 N–H and O–H groups in total. The molecule has 2 aliphatic carbocycles. The number of anilines is 1. The van der Waals surface area contributed by atoms with E-state index in [9.17, 15) is 28.8 Å².